The zero-order chi connectivity index (χ0) is 7.68. The van der Waals surface area contributed by atoms with Gasteiger partial charge in [-0.3, -0.25) is 0 Å². The van der Waals surface area contributed by atoms with Crippen LogP contribution in [0.25, 0.3) is 0 Å². The molecule has 58 valence electrons. The second kappa shape index (κ2) is 2.64. The highest BCUT2D eigenvalue weighted by atomic mass is 16.5. The Kier molecular flexibility index (Phi) is 1.64. The summed E-state index contributed by atoms with van der Waals surface area (Å²) in [5, 5.41) is 8.59. The van der Waals surface area contributed by atoms with Gasteiger partial charge in [0, 0.05) is 12.0 Å². The molecule has 1 fully saturated rings. The monoisotopic (exact) mass is 149 g/mol. The van der Waals surface area contributed by atoms with Gasteiger partial charge in [-0.2, -0.15) is 0 Å². The van der Waals surface area contributed by atoms with E-state index in [1.807, 2.05) is 18.2 Å². The molecule has 1 aliphatic carbocycles. The van der Waals surface area contributed by atoms with E-state index in [2.05, 4.69) is 17.6 Å². The normalized spacial score (nSPS) is 28.5. The number of rotatable bonds is 2. The Morgan fingerprint density at radius 1 is 1.27 bits per heavy atom. The van der Waals surface area contributed by atoms with Crippen LogP contribution in [-0.4, -0.2) is 11.2 Å². The highest BCUT2D eigenvalue weighted by molar-refractivity contribution is 5.27. The Balaban J connectivity index is 2.09. The van der Waals surface area contributed by atoms with Crippen LogP contribution in [0.3, 0.4) is 0 Å². The molecule has 1 aromatic carbocycles. The van der Waals surface area contributed by atoms with Crippen molar-refractivity contribution in [3.05, 3.63) is 35.9 Å². The van der Waals surface area contributed by atoms with E-state index in [4.69, 9.17) is 5.21 Å². The summed E-state index contributed by atoms with van der Waals surface area (Å²) in [6, 6.07) is 10.6. The molecule has 1 saturated carbocycles. The van der Waals surface area contributed by atoms with Gasteiger partial charge >= 0.3 is 0 Å². The molecule has 2 rings (SSSR count). The lowest BCUT2D eigenvalue weighted by Crippen LogP contribution is -2.11. The fourth-order valence-electron chi connectivity index (χ4n) is 1.41. The van der Waals surface area contributed by atoms with Crippen molar-refractivity contribution in [2.24, 2.45) is 0 Å². The highest BCUT2D eigenvalue weighted by Crippen LogP contribution is 2.39. The maximum absolute atomic E-state index is 8.59. The number of benzene rings is 1. The molecule has 0 aliphatic heterocycles. The molecule has 2 atom stereocenters. The predicted octanol–water partition coefficient (Wildman–Crippen LogP) is 1.52. The van der Waals surface area contributed by atoms with E-state index in [0.717, 1.165) is 6.42 Å². The second-order valence-electron chi connectivity index (χ2n) is 2.99. The van der Waals surface area contributed by atoms with Crippen molar-refractivity contribution >= 4 is 0 Å². The van der Waals surface area contributed by atoms with E-state index < -0.39 is 0 Å². The van der Waals surface area contributed by atoms with Crippen LogP contribution in [0.4, 0.5) is 0 Å². The maximum atomic E-state index is 8.59. The van der Waals surface area contributed by atoms with Gasteiger partial charge in [-0.25, -0.2) is 5.48 Å². The van der Waals surface area contributed by atoms with Crippen molar-refractivity contribution in [3.8, 4) is 0 Å². The van der Waals surface area contributed by atoms with Crippen LogP contribution < -0.4 is 5.48 Å². The fourth-order valence-corrected chi connectivity index (χ4v) is 1.41. The van der Waals surface area contributed by atoms with Gasteiger partial charge in [0.2, 0.25) is 0 Å². The number of hydrogen-bond donors (Lipinski definition) is 2. The van der Waals surface area contributed by atoms with Crippen LogP contribution in [-0.2, 0) is 0 Å². The molecule has 11 heavy (non-hydrogen) atoms. The van der Waals surface area contributed by atoms with Crippen LogP contribution in [0, 0.1) is 0 Å². The van der Waals surface area contributed by atoms with Crippen molar-refractivity contribution in [2.75, 3.05) is 0 Å². The van der Waals surface area contributed by atoms with E-state index >= 15 is 0 Å². The Morgan fingerprint density at radius 2 is 2.00 bits per heavy atom. The molecule has 2 nitrogen and oxygen atoms in total. The van der Waals surface area contributed by atoms with Crippen molar-refractivity contribution < 1.29 is 5.21 Å². The lowest BCUT2D eigenvalue weighted by molar-refractivity contribution is 0.158. The topological polar surface area (TPSA) is 32.3 Å². The van der Waals surface area contributed by atoms with Gasteiger partial charge in [-0.05, 0) is 12.0 Å². The van der Waals surface area contributed by atoms with Gasteiger partial charge < -0.3 is 5.21 Å². The molecule has 2 N–H and O–H groups in total. The standard InChI is InChI=1S/C9H11NO/c11-10-9-6-8(9)7-4-2-1-3-5-7/h1-5,8-11H,6H2/t8-,9+/m0/s1. The summed E-state index contributed by atoms with van der Waals surface area (Å²) >= 11 is 0. The number of hydrogen-bond acceptors (Lipinski definition) is 2. The van der Waals surface area contributed by atoms with Gasteiger partial charge in [0.15, 0.2) is 0 Å². The minimum absolute atomic E-state index is 0.289. The summed E-state index contributed by atoms with van der Waals surface area (Å²) in [4.78, 5) is 0. The minimum Gasteiger partial charge on any atom is -0.317 e. The quantitative estimate of drug-likeness (QED) is 0.625. The smallest absolute Gasteiger partial charge is 0.0395 e. The molecular formula is C9H11NO. The molecule has 1 aliphatic rings. The summed E-state index contributed by atoms with van der Waals surface area (Å²) in [6.07, 6.45) is 1.06. The van der Waals surface area contributed by atoms with E-state index in [0.29, 0.717) is 5.92 Å². The van der Waals surface area contributed by atoms with Crippen LogP contribution in [0.5, 0.6) is 0 Å². The van der Waals surface area contributed by atoms with Crippen molar-refractivity contribution in [3.63, 3.8) is 0 Å². The first-order chi connectivity index (χ1) is 5.42. The first kappa shape index (κ1) is 6.83. The molecule has 0 amide bonds. The first-order valence-electron chi connectivity index (χ1n) is 3.86. The molecule has 1 aromatic rings. The summed E-state index contributed by atoms with van der Waals surface area (Å²) in [5.74, 6) is 0.529. The Labute approximate surface area is 65.8 Å². The third kappa shape index (κ3) is 1.27. The number of hydroxylamine groups is 1. The molecule has 0 spiro atoms. The SMILES string of the molecule is ON[C@@H]1C[C@H]1c1ccccc1. The molecular weight excluding hydrogens is 138 g/mol. The predicted molar refractivity (Wildman–Crippen MR) is 42.5 cm³/mol. The Morgan fingerprint density at radius 3 is 2.55 bits per heavy atom. The van der Waals surface area contributed by atoms with Crippen LogP contribution in [0.1, 0.15) is 17.9 Å². The molecule has 0 aromatic heterocycles. The molecule has 0 saturated heterocycles. The second-order valence-corrected chi connectivity index (χ2v) is 2.99. The van der Waals surface area contributed by atoms with E-state index in [-0.39, 0.29) is 6.04 Å². The van der Waals surface area contributed by atoms with Crippen molar-refractivity contribution in [1.29, 1.82) is 0 Å². The molecule has 0 radical (unpaired) electrons. The summed E-state index contributed by atoms with van der Waals surface area (Å²) in [7, 11) is 0. The Bertz CT molecular complexity index is 235. The summed E-state index contributed by atoms with van der Waals surface area (Å²) < 4.78 is 0. The van der Waals surface area contributed by atoms with Gasteiger partial charge in [-0.1, -0.05) is 30.3 Å². The number of nitrogens with one attached hydrogen (secondary N) is 1. The average Bonchev–Trinajstić information content (AvgIpc) is 2.85. The van der Waals surface area contributed by atoms with Gasteiger partial charge in [0.25, 0.3) is 0 Å². The zero-order valence-electron chi connectivity index (χ0n) is 6.20. The molecule has 0 unspecified atom stereocenters. The minimum atomic E-state index is 0.289. The van der Waals surface area contributed by atoms with E-state index in [1.165, 1.54) is 5.56 Å². The third-order valence-corrected chi connectivity index (χ3v) is 2.18. The average molecular weight is 149 g/mol. The Hall–Kier alpha value is -0.860. The maximum Gasteiger partial charge on any atom is 0.0395 e. The lowest BCUT2D eigenvalue weighted by atomic mass is 10.1. The van der Waals surface area contributed by atoms with Crippen LogP contribution in [0.15, 0.2) is 30.3 Å². The summed E-state index contributed by atoms with van der Waals surface area (Å²) in [5.41, 5.74) is 3.61. The van der Waals surface area contributed by atoms with Gasteiger partial charge in [0.05, 0.1) is 0 Å². The lowest BCUT2D eigenvalue weighted by Gasteiger charge is -1.96. The van der Waals surface area contributed by atoms with Crippen LogP contribution >= 0.6 is 0 Å². The molecule has 0 heterocycles. The summed E-state index contributed by atoms with van der Waals surface area (Å²) in [6.45, 7) is 0. The van der Waals surface area contributed by atoms with Crippen LogP contribution in [0.2, 0.25) is 0 Å². The zero-order valence-corrected chi connectivity index (χ0v) is 6.20. The fraction of sp³-hybridized carbons (Fsp3) is 0.333. The first-order valence-corrected chi connectivity index (χ1v) is 3.86. The van der Waals surface area contributed by atoms with Crippen molar-refractivity contribution in [1.82, 2.24) is 5.48 Å². The highest BCUT2D eigenvalue weighted by Gasteiger charge is 2.37. The van der Waals surface area contributed by atoms with Gasteiger partial charge in [-0.15, -0.1) is 0 Å². The molecule has 2 heteroatoms. The molecule has 0 bridgehead atoms. The van der Waals surface area contributed by atoms with E-state index in [9.17, 15) is 0 Å². The largest absolute Gasteiger partial charge is 0.317 e. The third-order valence-electron chi connectivity index (χ3n) is 2.18. The van der Waals surface area contributed by atoms with E-state index in [1.54, 1.807) is 0 Å². The van der Waals surface area contributed by atoms with Crippen molar-refractivity contribution in [2.45, 2.75) is 18.4 Å². The van der Waals surface area contributed by atoms with Gasteiger partial charge in [0.1, 0.15) is 0 Å².